The van der Waals surface area contributed by atoms with Gasteiger partial charge >= 0.3 is 0 Å². The number of halogens is 1. The highest BCUT2D eigenvalue weighted by Crippen LogP contribution is 2.18. The van der Waals surface area contributed by atoms with Crippen LogP contribution in [0, 0.1) is 5.92 Å². The van der Waals surface area contributed by atoms with Gasteiger partial charge in [-0.3, -0.25) is 9.69 Å². The van der Waals surface area contributed by atoms with Crippen LogP contribution in [0.4, 0.5) is 0 Å². The fourth-order valence-corrected chi connectivity index (χ4v) is 3.99. The van der Waals surface area contributed by atoms with Crippen LogP contribution in [0.15, 0.2) is 29.3 Å². The predicted octanol–water partition coefficient (Wildman–Crippen LogP) is 1.54. The molecule has 180 valence electrons. The Kier molecular flexibility index (Phi) is 11.5. The Labute approximate surface area is 209 Å². The molecule has 2 aliphatic rings. The molecule has 2 aliphatic heterocycles. The molecule has 0 spiro atoms. The second-order valence-electron chi connectivity index (χ2n) is 8.47. The van der Waals surface area contributed by atoms with E-state index in [4.69, 9.17) is 9.47 Å². The van der Waals surface area contributed by atoms with E-state index in [0.29, 0.717) is 5.92 Å². The number of morpholine rings is 1. The van der Waals surface area contributed by atoms with E-state index in [1.807, 2.05) is 12.1 Å². The van der Waals surface area contributed by atoms with Gasteiger partial charge in [0.2, 0.25) is 5.91 Å². The molecule has 32 heavy (non-hydrogen) atoms. The minimum absolute atomic E-state index is 0. The number of methoxy groups -OCH3 is 1. The molecule has 2 saturated heterocycles. The van der Waals surface area contributed by atoms with Crippen molar-refractivity contribution in [3.05, 3.63) is 29.8 Å². The number of hydrogen-bond acceptors (Lipinski definition) is 5. The van der Waals surface area contributed by atoms with Gasteiger partial charge in [0.1, 0.15) is 12.3 Å². The Morgan fingerprint density at radius 3 is 2.59 bits per heavy atom. The molecule has 9 heteroatoms. The first-order valence-corrected chi connectivity index (χ1v) is 11.2. The molecular weight excluding hydrogens is 521 g/mol. The van der Waals surface area contributed by atoms with Gasteiger partial charge in [-0.15, -0.1) is 24.0 Å². The lowest BCUT2D eigenvalue weighted by Gasteiger charge is -2.29. The average molecular weight is 559 g/mol. The number of nitrogens with zero attached hydrogens (tertiary/aromatic N) is 4. The van der Waals surface area contributed by atoms with Crippen LogP contribution in [0.3, 0.4) is 0 Å². The summed E-state index contributed by atoms with van der Waals surface area (Å²) in [6.07, 6.45) is 2.04. The van der Waals surface area contributed by atoms with Crippen LogP contribution < -0.4 is 10.1 Å². The zero-order valence-electron chi connectivity index (χ0n) is 19.6. The van der Waals surface area contributed by atoms with Crippen molar-refractivity contribution in [2.45, 2.75) is 12.8 Å². The first kappa shape index (κ1) is 26.7. The van der Waals surface area contributed by atoms with Gasteiger partial charge in [-0.25, -0.2) is 4.99 Å². The molecular formula is C23H38IN5O3. The van der Waals surface area contributed by atoms with Gasteiger partial charge in [0.25, 0.3) is 0 Å². The summed E-state index contributed by atoms with van der Waals surface area (Å²) in [5, 5.41) is 3.50. The fourth-order valence-electron chi connectivity index (χ4n) is 3.99. The summed E-state index contributed by atoms with van der Waals surface area (Å²) in [4.78, 5) is 23.1. The van der Waals surface area contributed by atoms with E-state index >= 15 is 0 Å². The first-order chi connectivity index (χ1) is 15.0. The highest BCUT2D eigenvalue weighted by molar-refractivity contribution is 14.0. The number of hydrogen-bond donors (Lipinski definition) is 1. The standard InChI is InChI=1S/C23H37N5O3.HI/c1-26(2)22(29)16-25-23(24-10-8-19-4-6-21(30-3)7-5-19)28-11-9-20(18-28)17-27-12-14-31-15-13-27;/h4-7,20H,8-18H2,1-3H3,(H,24,25);1H. The maximum absolute atomic E-state index is 12.1. The Morgan fingerprint density at radius 1 is 1.22 bits per heavy atom. The number of likely N-dealkylation sites (N-methyl/N-ethyl adjacent to an activating group) is 1. The number of guanidine groups is 1. The lowest BCUT2D eigenvalue weighted by atomic mass is 10.1. The fraction of sp³-hybridized carbons (Fsp3) is 0.652. The summed E-state index contributed by atoms with van der Waals surface area (Å²) in [6.45, 7) is 7.71. The Bertz CT molecular complexity index is 723. The SMILES string of the molecule is COc1ccc(CCNC(=NCC(=O)N(C)C)N2CCC(CN3CCOCC3)C2)cc1.I. The summed E-state index contributed by atoms with van der Waals surface area (Å²) in [5.74, 6) is 2.34. The number of aliphatic imine (C=N–C) groups is 1. The number of rotatable bonds is 8. The summed E-state index contributed by atoms with van der Waals surface area (Å²) >= 11 is 0. The van der Waals surface area contributed by atoms with Crippen LogP contribution in [0.1, 0.15) is 12.0 Å². The van der Waals surface area contributed by atoms with Gasteiger partial charge in [-0.1, -0.05) is 12.1 Å². The maximum Gasteiger partial charge on any atom is 0.243 e. The van der Waals surface area contributed by atoms with Crippen molar-refractivity contribution in [1.29, 1.82) is 0 Å². The maximum atomic E-state index is 12.1. The van der Waals surface area contributed by atoms with Crippen molar-refractivity contribution >= 4 is 35.8 Å². The molecule has 1 amide bonds. The minimum atomic E-state index is 0. The van der Waals surface area contributed by atoms with Crippen molar-refractivity contribution in [3.63, 3.8) is 0 Å². The number of ether oxygens (including phenoxy) is 2. The smallest absolute Gasteiger partial charge is 0.243 e. The zero-order valence-corrected chi connectivity index (χ0v) is 21.9. The molecule has 1 aromatic carbocycles. The van der Waals surface area contributed by atoms with Crippen LogP contribution in [-0.4, -0.2) is 107 Å². The van der Waals surface area contributed by atoms with Crippen molar-refractivity contribution in [3.8, 4) is 5.75 Å². The largest absolute Gasteiger partial charge is 0.497 e. The van der Waals surface area contributed by atoms with Crippen molar-refractivity contribution in [2.24, 2.45) is 10.9 Å². The lowest BCUT2D eigenvalue weighted by molar-refractivity contribution is -0.127. The highest BCUT2D eigenvalue weighted by Gasteiger charge is 2.27. The topological polar surface area (TPSA) is 69.6 Å². The van der Waals surface area contributed by atoms with Crippen molar-refractivity contribution in [1.82, 2.24) is 20.0 Å². The molecule has 0 radical (unpaired) electrons. The summed E-state index contributed by atoms with van der Waals surface area (Å²) in [7, 11) is 5.21. The second-order valence-corrected chi connectivity index (χ2v) is 8.47. The summed E-state index contributed by atoms with van der Waals surface area (Å²) in [6, 6.07) is 8.13. The molecule has 1 unspecified atom stereocenters. The van der Waals surface area contributed by atoms with Gasteiger partial charge in [0.15, 0.2) is 5.96 Å². The Balaban J connectivity index is 0.00000363. The van der Waals surface area contributed by atoms with Crippen LogP contribution in [0.2, 0.25) is 0 Å². The average Bonchev–Trinajstić information content (AvgIpc) is 3.25. The highest BCUT2D eigenvalue weighted by atomic mass is 127. The van der Waals surface area contributed by atoms with Gasteiger partial charge < -0.3 is 24.6 Å². The molecule has 1 aromatic rings. The molecule has 1 N–H and O–H groups in total. The number of nitrogens with one attached hydrogen (secondary N) is 1. The van der Waals surface area contributed by atoms with Crippen LogP contribution >= 0.6 is 24.0 Å². The van der Waals surface area contributed by atoms with E-state index in [1.165, 1.54) is 5.56 Å². The van der Waals surface area contributed by atoms with E-state index in [0.717, 1.165) is 77.0 Å². The van der Waals surface area contributed by atoms with Crippen molar-refractivity contribution < 1.29 is 14.3 Å². The molecule has 8 nitrogen and oxygen atoms in total. The van der Waals surface area contributed by atoms with Gasteiger partial charge in [0.05, 0.1) is 20.3 Å². The number of carbonyl (C=O) groups excluding carboxylic acids is 1. The lowest BCUT2D eigenvalue weighted by Crippen LogP contribution is -2.43. The van der Waals surface area contributed by atoms with Gasteiger partial charge in [-0.2, -0.15) is 0 Å². The van der Waals surface area contributed by atoms with E-state index in [2.05, 4.69) is 32.2 Å². The summed E-state index contributed by atoms with van der Waals surface area (Å²) in [5.41, 5.74) is 1.24. The van der Waals surface area contributed by atoms with E-state index < -0.39 is 0 Å². The molecule has 2 heterocycles. The van der Waals surface area contributed by atoms with Crippen LogP contribution in [0.5, 0.6) is 5.75 Å². The normalized spacial score (nSPS) is 19.4. The third-order valence-electron chi connectivity index (χ3n) is 5.92. The van der Waals surface area contributed by atoms with Crippen LogP contribution in [-0.2, 0) is 16.0 Å². The van der Waals surface area contributed by atoms with E-state index in [9.17, 15) is 4.79 Å². The quantitative estimate of drug-likeness (QED) is 0.296. The third-order valence-corrected chi connectivity index (χ3v) is 5.92. The molecule has 3 rings (SSSR count). The molecule has 1 atom stereocenters. The molecule has 2 fully saturated rings. The van der Waals surface area contributed by atoms with Gasteiger partial charge in [0, 0.05) is 53.4 Å². The Hall–Kier alpha value is -1.59. The Morgan fingerprint density at radius 2 is 1.94 bits per heavy atom. The number of carbonyl (C=O) groups is 1. The summed E-state index contributed by atoms with van der Waals surface area (Å²) < 4.78 is 10.7. The van der Waals surface area contributed by atoms with Crippen LogP contribution in [0.25, 0.3) is 0 Å². The van der Waals surface area contributed by atoms with E-state index in [1.54, 1.807) is 26.1 Å². The third kappa shape index (κ3) is 8.40. The number of amides is 1. The van der Waals surface area contributed by atoms with E-state index in [-0.39, 0.29) is 36.4 Å². The molecule has 0 aliphatic carbocycles. The number of benzene rings is 1. The zero-order chi connectivity index (χ0) is 22.1. The number of likely N-dealkylation sites (tertiary alicyclic amines) is 1. The minimum Gasteiger partial charge on any atom is -0.497 e. The molecule has 0 bridgehead atoms. The van der Waals surface area contributed by atoms with Crippen molar-refractivity contribution in [2.75, 3.05) is 80.2 Å². The predicted molar refractivity (Wildman–Crippen MR) is 138 cm³/mol. The molecule has 0 saturated carbocycles. The monoisotopic (exact) mass is 559 g/mol. The first-order valence-electron chi connectivity index (χ1n) is 11.2. The molecule has 0 aromatic heterocycles. The second kappa shape index (κ2) is 13.8. The van der Waals surface area contributed by atoms with Gasteiger partial charge in [-0.05, 0) is 36.5 Å².